The second-order valence-electron chi connectivity index (χ2n) is 4.02. The van der Waals surface area contributed by atoms with E-state index in [2.05, 4.69) is 47.9 Å². The van der Waals surface area contributed by atoms with Crippen molar-refractivity contribution in [1.29, 1.82) is 0 Å². The van der Waals surface area contributed by atoms with Crippen LogP contribution in [0.2, 0.25) is 0 Å². The van der Waals surface area contributed by atoms with Gasteiger partial charge in [-0.15, -0.1) is 11.8 Å². The van der Waals surface area contributed by atoms with E-state index < -0.39 is 0 Å². The molecule has 0 heterocycles. The molecule has 0 bridgehead atoms. The Balaban J connectivity index is 1.85. The summed E-state index contributed by atoms with van der Waals surface area (Å²) < 4.78 is 0. The van der Waals surface area contributed by atoms with Crippen molar-refractivity contribution in [1.82, 2.24) is 10.6 Å². The Bertz CT molecular complexity index is 264. The summed E-state index contributed by atoms with van der Waals surface area (Å²) in [5, 5.41) is 6.88. The Kier molecular flexibility index (Phi) is 9.10. The third-order valence-corrected chi connectivity index (χ3v) is 3.44. The molecule has 1 aromatic carbocycles. The smallest absolute Gasteiger partial charge is 0.0106 e. The molecule has 96 valence electrons. The maximum absolute atomic E-state index is 3.47. The molecule has 0 aliphatic rings. The predicted molar refractivity (Wildman–Crippen MR) is 77.8 cm³/mol. The number of nitrogens with one attached hydrogen (secondary N) is 2. The van der Waals surface area contributed by atoms with Crippen molar-refractivity contribution in [2.24, 2.45) is 0 Å². The van der Waals surface area contributed by atoms with Crippen molar-refractivity contribution in [2.75, 3.05) is 31.9 Å². The summed E-state index contributed by atoms with van der Waals surface area (Å²) in [4.78, 5) is 1.36. The van der Waals surface area contributed by atoms with E-state index in [9.17, 15) is 0 Å². The molecule has 1 rings (SSSR count). The molecule has 0 atom stereocenters. The summed E-state index contributed by atoms with van der Waals surface area (Å²) in [6.07, 6.45) is 2.44. The highest BCUT2D eigenvalue weighted by atomic mass is 32.2. The van der Waals surface area contributed by atoms with Crippen LogP contribution in [-0.2, 0) is 0 Å². The van der Waals surface area contributed by atoms with Crippen molar-refractivity contribution in [3.63, 3.8) is 0 Å². The van der Waals surface area contributed by atoms with Gasteiger partial charge in [-0.1, -0.05) is 25.1 Å². The van der Waals surface area contributed by atoms with Crippen LogP contribution in [0.15, 0.2) is 35.2 Å². The summed E-state index contributed by atoms with van der Waals surface area (Å²) >= 11 is 1.91. The number of benzene rings is 1. The van der Waals surface area contributed by atoms with Gasteiger partial charge in [0.05, 0.1) is 0 Å². The zero-order valence-electron chi connectivity index (χ0n) is 10.7. The molecule has 0 aromatic heterocycles. The van der Waals surface area contributed by atoms with Crippen LogP contribution in [0.25, 0.3) is 0 Å². The summed E-state index contributed by atoms with van der Waals surface area (Å²) in [5.74, 6) is 1.15. The first-order valence-corrected chi connectivity index (χ1v) is 7.51. The predicted octanol–water partition coefficient (Wildman–Crippen LogP) is 2.76. The van der Waals surface area contributed by atoms with Crippen molar-refractivity contribution >= 4 is 11.8 Å². The first-order valence-electron chi connectivity index (χ1n) is 6.52. The molecule has 0 aliphatic heterocycles. The van der Waals surface area contributed by atoms with E-state index in [0.717, 1.165) is 31.9 Å². The second kappa shape index (κ2) is 10.6. The lowest BCUT2D eigenvalue weighted by Crippen LogP contribution is -2.23. The quantitative estimate of drug-likeness (QED) is 0.494. The molecule has 17 heavy (non-hydrogen) atoms. The average molecular weight is 252 g/mol. The third kappa shape index (κ3) is 8.25. The molecule has 3 heteroatoms. The van der Waals surface area contributed by atoms with Crippen LogP contribution in [0, 0.1) is 0 Å². The Morgan fingerprint density at radius 1 is 0.941 bits per heavy atom. The summed E-state index contributed by atoms with van der Waals surface area (Å²) in [6, 6.07) is 10.6. The van der Waals surface area contributed by atoms with Crippen LogP contribution >= 0.6 is 11.8 Å². The molecule has 0 saturated carbocycles. The first kappa shape index (κ1) is 14.6. The topological polar surface area (TPSA) is 24.1 Å². The number of hydrogen-bond donors (Lipinski definition) is 2. The minimum absolute atomic E-state index is 1.09. The van der Waals surface area contributed by atoms with E-state index in [-0.39, 0.29) is 0 Å². The number of hydrogen-bond acceptors (Lipinski definition) is 3. The fourth-order valence-electron chi connectivity index (χ4n) is 1.52. The van der Waals surface area contributed by atoms with Crippen molar-refractivity contribution < 1.29 is 0 Å². The molecule has 0 saturated heterocycles. The van der Waals surface area contributed by atoms with E-state index in [1.165, 1.54) is 17.7 Å². The normalized spacial score (nSPS) is 10.6. The van der Waals surface area contributed by atoms with Gasteiger partial charge < -0.3 is 10.6 Å². The third-order valence-electron chi connectivity index (χ3n) is 2.42. The Morgan fingerprint density at radius 2 is 1.65 bits per heavy atom. The molecular formula is C14H24N2S. The van der Waals surface area contributed by atoms with Gasteiger partial charge in [0, 0.05) is 17.2 Å². The lowest BCUT2D eigenvalue weighted by atomic mass is 10.4. The molecule has 0 spiro atoms. The zero-order chi connectivity index (χ0) is 12.2. The van der Waals surface area contributed by atoms with E-state index in [0.29, 0.717) is 0 Å². The lowest BCUT2D eigenvalue weighted by Gasteiger charge is -2.05. The molecule has 1 aromatic rings. The number of thioether (sulfide) groups is 1. The highest BCUT2D eigenvalue weighted by Crippen LogP contribution is 2.15. The van der Waals surface area contributed by atoms with E-state index >= 15 is 0 Å². The van der Waals surface area contributed by atoms with E-state index in [1.54, 1.807) is 0 Å². The van der Waals surface area contributed by atoms with Crippen LogP contribution in [0.3, 0.4) is 0 Å². The van der Waals surface area contributed by atoms with Gasteiger partial charge in [0.2, 0.25) is 0 Å². The lowest BCUT2D eigenvalue weighted by molar-refractivity contribution is 0.603. The number of rotatable bonds is 10. The highest BCUT2D eigenvalue weighted by Gasteiger charge is 1.92. The molecule has 2 nitrogen and oxygen atoms in total. The van der Waals surface area contributed by atoms with Crippen LogP contribution in [0.5, 0.6) is 0 Å². The van der Waals surface area contributed by atoms with Gasteiger partial charge in [0.25, 0.3) is 0 Å². The van der Waals surface area contributed by atoms with Crippen LogP contribution in [-0.4, -0.2) is 31.9 Å². The molecule has 0 radical (unpaired) electrons. The minimum Gasteiger partial charge on any atom is -0.317 e. The van der Waals surface area contributed by atoms with Crippen LogP contribution in [0.1, 0.15) is 19.8 Å². The van der Waals surface area contributed by atoms with Gasteiger partial charge in [0.1, 0.15) is 0 Å². The van der Waals surface area contributed by atoms with Gasteiger partial charge in [-0.3, -0.25) is 0 Å². The van der Waals surface area contributed by atoms with E-state index in [1.807, 2.05) is 11.8 Å². The minimum atomic E-state index is 1.09. The van der Waals surface area contributed by atoms with Crippen molar-refractivity contribution in [3.05, 3.63) is 30.3 Å². The summed E-state index contributed by atoms with van der Waals surface area (Å²) in [5.41, 5.74) is 0. The first-order chi connectivity index (χ1) is 8.43. The maximum atomic E-state index is 3.47. The molecular weight excluding hydrogens is 228 g/mol. The van der Waals surface area contributed by atoms with Crippen LogP contribution in [0.4, 0.5) is 0 Å². The Hall–Kier alpha value is -0.510. The van der Waals surface area contributed by atoms with Gasteiger partial charge in [0.15, 0.2) is 0 Å². The highest BCUT2D eigenvalue weighted by molar-refractivity contribution is 7.99. The molecule has 2 N–H and O–H groups in total. The standard InChI is InChI=1S/C14H24N2S/c1-2-9-15-10-6-11-16-12-13-17-14-7-4-3-5-8-14/h3-5,7-8,15-16H,2,6,9-13H2,1H3. The van der Waals surface area contributed by atoms with Gasteiger partial charge in [-0.2, -0.15) is 0 Å². The average Bonchev–Trinajstić information content (AvgIpc) is 2.38. The molecule has 0 aliphatic carbocycles. The van der Waals surface area contributed by atoms with E-state index in [4.69, 9.17) is 0 Å². The van der Waals surface area contributed by atoms with Gasteiger partial charge >= 0.3 is 0 Å². The summed E-state index contributed by atoms with van der Waals surface area (Å²) in [6.45, 7) is 6.68. The zero-order valence-corrected chi connectivity index (χ0v) is 11.6. The fourth-order valence-corrected chi connectivity index (χ4v) is 2.35. The van der Waals surface area contributed by atoms with Crippen molar-refractivity contribution in [3.8, 4) is 0 Å². The largest absolute Gasteiger partial charge is 0.317 e. The molecule has 0 unspecified atom stereocenters. The Morgan fingerprint density at radius 3 is 2.35 bits per heavy atom. The molecule has 0 amide bonds. The fraction of sp³-hybridized carbons (Fsp3) is 0.571. The van der Waals surface area contributed by atoms with Crippen molar-refractivity contribution in [2.45, 2.75) is 24.7 Å². The second-order valence-corrected chi connectivity index (χ2v) is 5.18. The maximum Gasteiger partial charge on any atom is 0.0106 e. The molecule has 0 fully saturated rings. The van der Waals surface area contributed by atoms with Gasteiger partial charge in [-0.25, -0.2) is 0 Å². The monoisotopic (exact) mass is 252 g/mol. The van der Waals surface area contributed by atoms with Crippen LogP contribution < -0.4 is 10.6 Å². The van der Waals surface area contributed by atoms with Gasteiger partial charge in [-0.05, 0) is 44.6 Å². The Labute approximate surface area is 110 Å². The summed E-state index contributed by atoms with van der Waals surface area (Å²) in [7, 11) is 0. The SMILES string of the molecule is CCCNCCCNCCSc1ccccc1.